The third-order valence-corrected chi connectivity index (χ3v) is 5.05. The molecule has 2 heterocycles. The Labute approximate surface area is 143 Å². The number of benzene rings is 1. The summed E-state index contributed by atoms with van der Waals surface area (Å²) >= 11 is 1.40. The molecule has 1 amide bonds. The molecule has 0 fully saturated rings. The van der Waals surface area contributed by atoms with Crippen molar-refractivity contribution in [2.24, 2.45) is 0 Å². The minimum absolute atomic E-state index is 0.124. The Hall–Kier alpha value is -2.54. The number of aromatic nitrogens is 3. The van der Waals surface area contributed by atoms with Crippen LogP contribution < -0.4 is 10.9 Å². The molecule has 1 unspecified atom stereocenters. The SMILES string of the molecule is CCC(C)c1nn2c(=O)c(NC(=O)c3ccc(C)cc3)cnc2s1. The second kappa shape index (κ2) is 6.52. The van der Waals surface area contributed by atoms with Gasteiger partial charge in [-0.2, -0.15) is 9.61 Å². The first-order chi connectivity index (χ1) is 11.5. The molecule has 0 radical (unpaired) electrons. The normalized spacial score (nSPS) is 12.3. The van der Waals surface area contributed by atoms with E-state index in [1.807, 2.05) is 19.1 Å². The Kier molecular flexibility index (Phi) is 4.44. The fourth-order valence-electron chi connectivity index (χ4n) is 2.16. The standard InChI is InChI=1S/C17H18N4O2S/c1-4-11(3)15-20-21-16(23)13(9-18-17(21)24-15)19-14(22)12-7-5-10(2)6-8-12/h5-9,11H,4H2,1-3H3,(H,19,22). The summed E-state index contributed by atoms with van der Waals surface area (Å²) in [6.07, 6.45) is 2.33. The van der Waals surface area contributed by atoms with Gasteiger partial charge in [0, 0.05) is 11.5 Å². The van der Waals surface area contributed by atoms with Crippen LogP contribution in [0.1, 0.15) is 47.1 Å². The van der Waals surface area contributed by atoms with Gasteiger partial charge in [0.2, 0.25) is 4.96 Å². The second-order valence-corrected chi connectivity index (χ2v) is 6.73. The van der Waals surface area contributed by atoms with Gasteiger partial charge in [0.25, 0.3) is 11.5 Å². The smallest absolute Gasteiger partial charge is 0.298 e. The van der Waals surface area contributed by atoms with E-state index in [1.165, 1.54) is 22.0 Å². The van der Waals surface area contributed by atoms with Gasteiger partial charge in [0.1, 0.15) is 10.7 Å². The molecule has 24 heavy (non-hydrogen) atoms. The highest BCUT2D eigenvalue weighted by Gasteiger charge is 2.15. The molecule has 0 saturated carbocycles. The summed E-state index contributed by atoms with van der Waals surface area (Å²) in [6.45, 7) is 6.08. The van der Waals surface area contributed by atoms with Crippen LogP contribution >= 0.6 is 11.3 Å². The highest BCUT2D eigenvalue weighted by Crippen LogP contribution is 2.23. The molecule has 1 aromatic carbocycles. The lowest BCUT2D eigenvalue weighted by atomic mass is 10.1. The van der Waals surface area contributed by atoms with Crippen molar-refractivity contribution in [2.45, 2.75) is 33.1 Å². The van der Waals surface area contributed by atoms with E-state index in [2.05, 4.69) is 29.2 Å². The Morgan fingerprint density at radius 3 is 2.71 bits per heavy atom. The van der Waals surface area contributed by atoms with E-state index in [0.717, 1.165) is 17.0 Å². The third kappa shape index (κ3) is 3.07. The molecule has 7 heteroatoms. The molecule has 0 aliphatic carbocycles. The predicted molar refractivity (Wildman–Crippen MR) is 95.0 cm³/mol. The highest BCUT2D eigenvalue weighted by molar-refractivity contribution is 7.16. The number of nitrogens with one attached hydrogen (secondary N) is 1. The van der Waals surface area contributed by atoms with Crippen LogP contribution in [0.4, 0.5) is 5.69 Å². The van der Waals surface area contributed by atoms with Crippen LogP contribution in [0.15, 0.2) is 35.3 Å². The van der Waals surface area contributed by atoms with Crippen molar-refractivity contribution in [1.82, 2.24) is 14.6 Å². The summed E-state index contributed by atoms with van der Waals surface area (Å²) in [5, 5.41) is 7.83. The number of hydrogen-bond acceptors (Lipinski definition) is 5. The summed E-state index contributed by atoms with van der Waals surface area (Å²) in [4.78, 5) is 29.6. The van der Waals surface area contributed by atoms with E-state index in [-0.39, 0.29) is 23.1 Å². The Balaban J connectivity index is 1.92. The number of nitrogens with zero attached hydrogens (tertiary/aromatic N) is 3. The maximum Gasteiger partial charge on any atom is 0.298 e. The molecule has 124 valence electrons. The molecule has 0 aliphatic heterocycles. The average molecular weight is 342 g/mol. The maximum atomic E-state index is 12.5. The Morgan fingerprint density at radius 1 is 1.33 bits per heavy atom. The third-order valence-electron chi connectivity index (χ3n) is 3.90. The summed E-state index contributed by atoms with van der Waals surface area (Å²) in [7, 11) is 0. The monoisotopic (exact) mass is 342 g/mol. The molecular weight excluding hydrogens is 324 g/mol. The molecular formula is C17H18N4O2S. The second-order valence-electron chi connectivity index (χ2n) is 5.74. The molecule has 3 aromatic rings. The first-order valence-corrected chi connectivity index (χ1v) is 8.58. The molecule has 3 rings (SSSR count). The summed E-state index contributed by atoms with van der Waals surface area (Å²) in [5.74, 6) is -0.0760. The topological polar surface area (TPSA) is 76.4 Å². The number of amides is 1. The van der Waals surface area contributed by atoms with E-state index in [9.17, 15) is 9.59 Å². The van der Waals surface area contributed by atoms with Crippen LogP contribution in [0, 0.1) is 6.92 Å². The van der Waals surface area contributed by atoms with Crippen molar-refractivity contribution < 1.29 is 4.79 Å². The fraction of sp³-hybridized carbons (Fsp3) is 0.294. The van der Waals surface area contributed by atoms with Gasteiger partial charge in [-0.05, 0) is 25.5 Å². The van der Waals surface area contributed by atoms with Crippen molar-refractivity contribution in [3.8, 4) is 0 Å². The first-order valence-electron chi connectivity index (χ1n) is 7.76. The molecule has 6 nitrogen and oxygen atoms in total. The van der Waals surface area contributed by atoms with Crippen molar-refractivity contribution in [3.63, 3.8) is 0 Å². The molecule has 0 saturated heterocycles. The van der Waals surface area contributed by atoms with E-state index < -0.39 is 0 Å². The molecule has 1 atom stereocenters. The first kappa shape index (κ1) is 16.3. The van der Waals surface area contributed by atoms with Crippen LogP contribution in [0.3, 0.4) is 0 Å². The molecule has 0 aliphatic rings. The number of carbonyl (C=O) groups is 1. The van der Waals surface area contributed by atoms with Gasteiger partial charge in [0.15, 0.2) is 0 Å². The van der Waals surface area contributed by atoms with E-state index >= 15 is 0 Å². The molecule has 0 spiro atoms. The summed E-state index contributed by atoms with van der Waals surface area (Å²) < 4.78 is 1.26. The van der Waals surface area contributed by atoms with Crippen molar-refractivity contribution in [3.05, 3.63) is 57.0 Å². The minimum atomic E-state index is -0.369. The largest absolute Gasteiger partial charge is 0.316 e. The lowest BCUT2D eigenvalue weighted by Crippen LogP contribution is -2.23. The number of hydrogen-bond donors (Lipinski definition) is 1. The van der Waals surface area contributed by atoms with E-state index in [0.29, 0.717) is 10.5 Å². The van der Waals surface area contributed by atoms with E-state index in [1.54, 1.807) is 12.1 Å². The molecule has 1 N–H and O–H groups in total. The lowest BCUT2D eigenvalue weighted by molar-refractivity contribution is 0.102. The maximum absolute atomic E-state index is 12.5. The van der Waals surface area contributed by atoms with Crippen molar-refractivity contribution in [1.29, 1.82) is 0 Å². The van der Waals surface area contributed by atoms with Gasteiger partial charge in [-0.15, -0.1) is 0 Å². The van der Waals surface area contributed by atoms with Crippen LogP contribution in [-0.4, -0.2) is 20.5 Å². The van der Waals surface area contributed by atoms with Gasteiger partial charge in [-0.1, -0.05) is 42.9 Å². The average Bonchev–Trinajstić information content (AvgIpc) is 3.02. The Bertz CT molecular complexity index is 943. The fourth-order valence-corrected chi connectivity index (χ4v) is 3.15. The zero-order valence-corrected chi connectivity index (χ0v) is 14.6. The van der Waals surface area contributed by atoms with Gasteiger partial charge < -0.3 is 5.32 Å². The van der Waals surface area contributed by atoms with Crippen LogP contribution in [0.25, 0.3) is 4.96 Å². The molecule has 2 aromatic heterocycles. The number of rotatable bonds is 4. The van der Waals surface area contributed by atoms with E-state index in [4.69, 9.17) is 0 Å². The number of fused-ring (bicyclic) bond motifs is 1. The minimum Gasteiger partial charge on any atom is -0.316 e. The predicted octanol–water partition coefficient (Wildman–Crippen LogP) is 3.23. The van der Waals surface area contributed by atoms with Crippen LogP contribution in [0.5, 0.6) is 0 Å². The zero-order chi connectivity index (χ0) is 17.3. The van der Waals surface area contributed by atoms with Crippen LogP contribution in [-0.2, 0) is 0 Å². The summed E-state index contributed by atoms with van der Waals surface area (Å²) in [6, 6.07) is 7.14. The highest BCUT2D eigenvalue weighted by atomic mass is 32.1. The van der Waals surface area contributed by atoms with Gasteiger partial charge in [-0.25, -0.2) is 4.98 Å². The number of aryl methyl sites for hydroxylation is 1. The number of carbonyl (C=O) groups excluding carboxylic acids is 1. The van der Waals surface area contributed by atoms with Gasteiger partial charge in [-0.3, -0.25) is 9.59 Å². The van der Waals surface area contributed by atoms with Crippen LogP contribution in [0.2, 0.25) is 0 Å². The number of anilines is 1. The van der Waals surface area contributed by atoms with Gasteiger partial charge >= 0.3 is 0 Å². The zero-order valence-electron chi connectivity index (χ0n) is 13.7. The lowest BCUT2D eigenvalue weighted by Gasteiger charge is -2.04. The van der Waals surface area contributed by atoms with Crippen molar-refractivity contribution in [2.75, 3.05) is 5.32 Å². The Morgan fingerprint density at radius 2 is 2.04 bits per heavy atom. The van der Waals surface area contributed by atoms with Gasteiger partial charge in [0.05, 0.1) is 6.20 Å². The van der Waals surface area contributed by atoms with Crippen molar-refractivity contribution >= 4 is 27.9 Å². The quantitative estimate of drug-likeness (QED) is 0.790. The molecule has 0 bridgehead atoms. The summed E-state index contributed by atoms with van der Waals surface area (Å²) in [5.41, 5.74) is 1.31.